The molecule has 0 saturated heterocycles. The highest BCUT2D eigenvalue weighted by Gasteiger charge is 2.39. The zero-order chi connectivity index (χ0) is 22.8. The molecule has 0 spiro atoms. The standard InChI is InChI=1S/C24H52N3O3/c1-9-14-22(8)19-30-27-24(12-4,26-29-17-13-15-20(5)6)23(11-3)25-28-18-16-21(7)10-2/h20-22,25-27H,9-19H2,1-8H3. The van der Waals surface area contributed by atoms with Gasteiger partial charge in [0.15, 0.2) is 0 Å². The van der Waals surface area contributed by atoms with Crippen LogP contribution in [0.2, 0.25) is 0 Å². The normalized spacial score (nSPS) is 16.2. The van der Waals surface area contributed by atoms with E-state index in [1.807, 2.05) is 0 Å². The van der Waals surface area contributed by atoms with Crippen molar-refractivity contribution in [3.63, 3.8) is 0 Å². The monoisotopic (exact) mass is 430 g/mol. The van der Waals surface area contributed by atoms with Crippen LogP contribution >= 0.6 is 0 Å². The minimum absolute atomic E-state index is 0.508. The number of hydroxylamine groups is 3. The molecule has 0 amide bonds. The Morgan fingerprint density at radius 3 is 2.07 bits per heavy atom. The van der Waals surface area contributed by atoms with Crippen molar-refractivity contribution in [1.29, 1.82) is 0 Å². The molecule has 0 aromatic carbocycles. The van der Waals surface area contributed by atoms with Gasteiger partial charge in [-0.25, -0.2) is 0 Å². The molecule has 6 heteroatoms. The molecule has 0 rings (SSSR count). The fraction of sp³-hybridized carbons (Fsp3) is 0.958. The molecule has 0 aromatic heterocycles. The average Bonchev–Trinajstić information content (AvgIpc) is 2.72. The number of hydrogen-bond acceptors (Lipinski definition) is 6. The second kappa shape index (κ2) is 18.3. The van der Waals surface area contributed by atoms with Gasteiger partial charge in [0.2, 0.25) is 0 Å². The Hall–Kier alpha value is -0.240. The van der Waals surface area contributed by atoms with Gasteiger partial charge in [-0.2, -0.15) is 16.4 Å². The molecule has 30 heavy (non-hydrogen) atoms. The predicted octanol–water partition coefficient (Wildman–Crippen LogP) is 5.91. The van der Waals surface area contributed by atoms with E-state index in [-0.39, 0.29) is 0 Å². The first kappa shape index (κ1) is 29.8. The zero-order valence-electron chi connectivity index (χ0n) is 21.2. The molecule has 1 radical (unpaired) electrons. The molecule has 0 fully saturated rings. The first-order valence-electron chi connectivity index (χ1n) is 12.4. The van der Waals surface area contributed by atoms with Gasteiger partial charge in [-0.1, -0.05) is 68.2 Å². The lowest BCUT2D eigenvalue weighted by Crippen LogP contribution is -2.63. The third kappa shape index (κ3) is 13.2. The van der Waals surface area contributed by atoms with Crippen LogP contribution in [0, 0.1) is 23.8 Å². The minimum Gasteiger partial charge on any atom is -0.301 e. The summed E-state index contributed by atoms with van der Waals surface area (Å²) >= 11 is 0. The highest BCUT2D eigenvalue weighted by molar-refractivity contribution is 5.05. The molecular formula is C24H52N3O3. The van der Waals surface area contributed by atoms with E-state index in [1.165, 1.54) is 12.8 Å². The van der Waals surface area contributed by atoms with Gasteiger partial charge in [-0.15, -0.1) is 0 Å². The van der Waals surface area contributed by atoms with E-state index in [4.69, 9.17) is 14.5 Å². The average molecular weight is 431 g/mol. The van der Waals surface area contributed by atoms with E-state index >= 15 is 0 Å². The van der Waals surface area contributed by atoms with Crippen LogP contribution < -0.4 is 16.4 Å². The van der Waals surface area contributed by atoms with Crippen molar-refractivity contribution in [1.82, 2.24) is 16.4 Å². The van der Waals surface area contributed by atoms with Crippen molar-refractivity contribution in [3.8, 4) is 0 Å². The van der Waals surface area contributed by atoms with E-state index in [2.05, 4.69) is 71.8 Å². The van der Waals surface area contributed by atoms with Crippen molar-refractivity contribution in [2.75, 3.05) is 19.8 Å². The Morgan fingerprint density at radius 2 is 1.50 bits per heavy atom. The third-order valence-electron chi connectivity index (χ3n) is 5.67. The van der Waals surface area contributed by atoms with Crippen LogP contribution in [0.3, 0.4) is 0 Å². The summed E-state index contributed by atoms with van der Waals surface area (Å²) in [6.45, 7) is 19.6. The van der Waals surface area contributed by atoms with Crippen LogP contribution in [-0.4, -0.2) is 25.5 Å². The number of nitrogens with one attached hydrogen (secondary N) is 3. The van der Waals surface area contributed by atoms with Gasteiger partial charge in [0, 0.05) is 0 Å². The Kier molecular flexibility index (Phi) is 18.2. The predicted molar refractivity (Wildman–Crippen MR) is 126 cm³/mol. The molecule has 3 atom stereocenters. The first-order valence-corrected chi connectivity index (χ1v) is 12.4. The summed E-state index contributed by atoms with van der Waals surface area (Å²) in [6.07, 6.45) is 8.26. The molecule has 0 aliphatic heterocycles. The molecule has 3 unspecified atom stereocenters. The summed E-state index contributed by atoms with van der Waals surface area (Å²) in [6, 6.07) is 0.987. The Morgan fingerprint density at radius 1 is 0.800 bits per heavy atom. The maximum Gasteiger partial charge on any atom is 0.137 e. The minimum atomic E-state index is -0.644. The maximum atomic E-state index is 5.94. The third-order valence-corrected chi connectivity index (χ3v) is 5.67. The lowest BCUT2D eigenvalue weighted by atomic mass is 9.97. The molecule has 6 nitrogen and oxygen atoms in total. The number of rotatable bonds is 21. The highest BCUT2D eigenvalue weighted by atomic mass is 16.7. The Balaban J connectivity index is 4.89. The second-order valence-corrected chi connectivity index (χ2v) is 9.14. The maximum absolute atomic E-state index is 5.94. The molecule has 0 aromatic rings. The highest BCUT2D eigenvalue weighted by Crippen LogP contribution is 2.23. The van der Waals surface area contributed by atoms with Gasteiger partial charge < -0.3 is 4.84 Å². The Bertz CT molecular complexity index is 385. The zero-order valence-corrected chi connectivity index (χ0v) is 21.2. The Labute approximate surface area is 187 Å². The van der Waals surface area contributed by atoms with Crippen LogP contribution in [0.5, 0.6) is 0 Å². The SMILES string of the molecule is CCCC(C)CONC(CC)(NOCCCC(C)C)[C](CC)NOCCC(C)CC. The summed E-state index contributed by atoms with van der Waals surface area (Å²) in [5.41, 5.74) is 9.08. The van der Waals surface area contributed by atoms with Crippen molar-refractivity contribution in [2.45, 2.75) is 112 Å². The fourth-order valence-corrected chi connectivity index (χ4v) is 3.19. The molecular weight excluding hydrogens is 378 g/mol. The van der Waals surface area contributed by atoms with E-state index in [1.54, 1.807) is 0 Å². The fourth-order valence-electron chi connectivity index (χ4n) is 3.19. The van der Waals surface area contributed by atoms with Gasteiger partial charge in [-0.3, -0.25) is 9.68 Å². The number of hydrogen-bond donors (Lipinski definition) is 3. The smallest absolute Gasteiger partial charge is 0.137 e. The molecule has 0 aliphatic rings. The van der Waals surface area contributed by atoms with Gasteiger partial charge >= 0.3 is 0 Å². The van der Waals surface area contributed by atoms with E-state index in [0.717, 1.165) is 44.6 Å². The van der Waals surface area contributed by atoms with Crippen molar-refractivity contribution >= 4 is 0 Å². The van der Waals surface area contributed by atoms with Gasteiger partial charge in [0.1, 0.15) is 11.7 Å². The van der Waals surface area contributed by atoms with Crippen molar-refractivity contribution in [2.24, 2.45) is 17.8 Å². The van der Waals surface area contributed by atoms with E-state index in [9.17, 15) is 0 Å². The largest absolute Gasteiger partial charge is 0.301 e. The quantitative estimate of drug-likeness (QED) is 0.120. The van der Waals surface area contributed by atoms with Crippen LogP contribution in [0.4, 0.5) is 0 Å². The molecule has 0 aliphatic carbocycles. The molecule has 0 bridgehead atoms. The van der Waals surface area contributed by atoms with Crippen molar-refractivity contribution < 1.29 is 14.5 Å². The lowest BCUT2D eigenvalue weighted by molar-refractivity contribution is -0.131. The van der Waals surface area contributed by atoms with Crippen LogP contribution in [-0.2, 0) is 14.5 Å². The van der Waals surface area contributed by atoms with Gasteiger partial charge in [0.05, 0.1) is 19.8 Å². The van der Waals surface area contributed by atoms with Crippen LogP contribution in [0.25, 0.3) is 0 Å². The van der Waals surface area contributed by atoms with Gasteiger partial charge in [0.25, 0.3) is 0 Å². The molecule has 0 heterocycles. The summed E-state index contributed by atoms with van der Waals surface area (Å²) in [5.74, 6) is 1.86. The van der Waals surface area contributed by atoms with E-state index in [0.29, 0.717) is 37.6 Å². The summed E-state index contributed by atoms with van der Waals surface area (Å²) in [4.78, 5) is 17.6. The first-order chi connectivity index (χ1) is 14.3. The molecule has 3 N–H and O–H groups in total. The molecule has 181 valence electrons. The molecule has 0 saturated carbocycles. The van der Waals surface area contributed by atoms with E-state index < -0.39 is 5.66 Å². The summed E-state index contributed by atoms with van der Waals surface area (Å²) in [5, 5.41) is 0. The van der Waals surface area contributed by atoms with Gasteiger partial charge in [-0.05, 0) is 56.3 Å². The second-order valence-electron chi connectivity index (χ2n) is 9.14. The van der Waals surface area contributed by atoms with Crippen LogP contribution in [0.1, 0.15) is 107 Å². The van der Waals surface area contributed by atoms with Crippen molar-refractivity contribution in [3.05, 3.63) is 6.04 Å². The summed E-state index contributed by atoms with van der Waals surface area (Å²) in [7, 11) is 0. The topological polar surface area (TPSA) is 63.8 Å². The van der Waals surface area contributed by atoms with Crippen LogP contribution in [0.15, 0.2) is 0 Å². The summed E-state index contributed by atoms with van der Waals surface area (Å²) < 4.78 is 0. The lowest BCUT2D eigenvalue weighted by Gasteiger charge is -2.39.